The van der Waals surface area contributed by atoms with Gasteiger partial charge in [-0.3, -0.25) is 9.78 Å². The highest BCUT2D eigenvalue weighted by Gasteiger charge is 2.19. The molecule has 0 unspecified atom stereocenters. The number of hydrogen-bond donors (Lipinski definition) is 1. The van der Waals surface area contributed by atoms with Crippen LogP contribution in [0.5, 0.6) is 0 Å². The molecule has 32 heavy (non-hydrogen) atoms. The first-order valence-corrected chi connectivity index (χ1v) is 10.5. The Kier molecular flexibility index (Phi) is 5.45. The van der Waals surface area contributed by atoms with E-state index in [4.69, 9.17) is 4.74 Å². The van der Waals surface area contributed by atoms with Crippen molar-refractivity contribution in [3.63, 3.8) is 0 Å². The van der Waals surface area contributed by atoms with Crippen LogP contribution in [0.25, 0.3) is 22.4 Å². The highest BCUT2D eigenvalue weighted by atomic mass is 16.5. The molecule has 1 aliphatic rings. The molecule has 5 rings (SSSR count). The summed E-state index contributed by atoms with van der Waals surface area (Å²) in [5, 5.41) is 3.06. The van der Waals surface area contributed by atoms with Gasteiger partial charge in [0.2, 0.25) is 5.90 Å². The molecule has 1 aliphatic heterocycles. The minimum atomic E-state index is -0.192. The fraction of sp³-hybridized carbons (Fsp3) is 0.0741. The second-order valence-corrected chi connectivity index (χ2v) is 7.38. The molecule has 0 saturated heterocycles. The van der Waals surface area contributed by atoms with Gasteiger partial charge in [-0.2, -0.15) is 0 Å². The van der Waals surface area contributed by atoms with Gasteiger partial charge in [0.25, 0.3) is 5.91 Å². The van der Waals surface area contributed by atoms with E-state index in [9.17, 15) is 4.79 Å². The normalized spacial score (nSPS) is 12.7. The first-order valence-electron chi connectivity index (χ1n) is 10.5. The molecule has 5 heteroatoms. The molecule has 0 atom stereocenters. The number of nitrogens with one attached hydrogen (secondary N) is 1. The van der Waals surface area contributed by atoms with E-state index in [2.05, 4.69) is 15.3 Å². The number of carbonyl (C=O) groups is 1. The van der Waals surface area contributed by atoms with Crippen LogP contribution in [0.15, 0.2) is 102 Å². The van der Waals surface area contributed by atoms with Crippen LogP contribution >= 0.6 is 0 Å². The molecule has 0 spiro atoms. The van der Waals surface area contributed by atoms with Crippen LogP contribution in [0.1, 0.15) is 15.9 Å². The Bertz CT molecular complexity index is 1280. The van der Waals surface area contributed by atoms with Crippen molar-refractivity contribution < 1.29 is 9.53 Å². The molecule has 156 valence electrons. The van der Waals surface area contributed by atoms with E-state index in [1.165, 1.54) is 0 Å². The van der Waals surface area contributed by atoms with Crippen molar-refractivity contribution in [2.75, 3.05) is 18.5 Å². The summed E-state index contributed by atoms with van der Waals surface area (Å²) in [6, 6.07) is 29.1. The summed E-state index contributed by atoms with van der Waals surface area (Å²) in [7, 11) is 0. The first-order chi connectivity index (χ1) is 15.8. The molecule has 0 fully saturated rings. The number of amides is 1. The molecule has 0 aliphatic carbocycles. The number of nitrogens with zero attached hydrogens (tertiary/aromatic N) is 2. The lowest BCUT2D eigenvalue weighted by molar-refractivity contribution is 0.102. The number of anilines is 1. The molecular formula is C27H21N3O2. The summed E-state index contributed by atoms with van der Waals surface area (Å²) in [5.74, 6) is 0.372. The summed E-state index contributed by atoms with van der Waals surface area (Å²) in [5.41, 5.74) is 5.66. The van der Waals surface area contributed by atoms with Gasteiger partial charge in [-0.1, -0.05) is 54.6 Å². The molecule has 1 aromatic heterocycles. The van der Waals surface area contributed by atoms with Gasteiger partial charge >= 0.3 is 0 Å². The Morgan fingerprint density at radius 2 is 1.62 bits per heavy atom. The van der Waals surface area contributed by atoms with Crippen LogP contribution in [0, 0.1) is 0 Å². The predicted octanol–water partition coefficient (Wildman–Crippen LogP) is 5.44. The maximum Gasteiger partial charge on any atom is 0.256 e. The molecule has 1 N–H and O–H groups in total. The van der Waals surface area contributed by atoms with E-state index in [0.29, 0.717) is 30.3 Å². The highest BCUT2D eigenvalue weighted by Crippen LogP contribution is 2.30. The molecule has 2 heterocycles. The molecule has 0 bridgehead atoms. The molecular weight excluding hydrogens is 398 g/mol. The summed E-state index contributed by atoms with van der Waals surface area (Å²) in [6.45, 7) is 1.19. The zero-order valence-electron chi connectivity index (χ0n) is 17.4. The highest BCUT2D eigenvalue weighted by molar-refractivity contribution is 6.12. The van der Waals surface area contributed by atoms with E-state index >= 15 is 0 Å². The second kappa shape index (κ2) is 8.86. The smallest absolute Gasteiger partial charge is 0.256 e. The van der Waals surface area contributed by atoms with Gasteiger partial charge in [0.05, 0.1) is 23.5 Å². The average Bonchev–Trinajstić information content (AvgIpc) is 3.40. The Labute approximate surface area is 186 Å². The number of ether oxygens (including phenoxy) is 1. The van der Waals surface area contributed by atoms with Gasteiger partial charge in [0.1, 0.15) is 6.61 Å². The number of aliphatic imine (C=N–C) groups is 1. The van der Waals surface area contributed by atoms with Crippen molar-refractivity contribution in [2.24, 2.45) is 4.99 Å². The topological polar surface area (TPSA) is 63.6 Å². The Morgan fingerprint density at radius 3 is 2.41 bits per heavy atom. The predicted molar refractivity (Wildman–Crippen MR) is 127 cm³/mol. The fourth-order valence-electron chi connectivity index (χ4n) is 3.76. The maximum absolute atomic E-state index is 13.4. The van der Waals surface area contributed by atoms with Crippen LogP contribution in [-0.2, 0) is 4.74 Å². The summed E-state index contributed by atoms with van der Waals surface area (Å²) in [4.78, 5) is 22.3. The minimum absolute atomic E-state index is 0.192. The molecule has 5 nitrogen and oxygen atoms in total. The van der Waals surface area contributed by atoms with Crippen LogP contribution in [0.2, 0.25) is 0 Å². The molecule has 0 radical (unpaired) electrons. The van der Waals surface area contributed by atoms with Crippen molar-refractivity contribution >= 4 is 17.5 Å². The third-order valence-electron chi connectivity index (χ3n) is 5.30. The summed E-state index contributed by atoms with van der Waals surface area (Å²) >= 11 is 0. The maximum atomic E-state index is 13.4. The third-order valence-corrected chi connectivity index (χ3v) is 5.30. The quantitative estimate of drug-likeness (QED) is 0.468. The van der Waals surface area contributed by atoms with Crippen molar-refractivity contribution in [1.82, 2.24) is 4.98 Å². The first kappa shape index (κ1) is 19.7. The number of aromatic nitrogens is 1. The van der Waals surface area contributed by atoms with Crippen LogP contribution in [-0.4, -0.2) is 29.9 Å². The van der Waals surface area contributed by atoms with E-state index in [1.54, 1.807) is 6.20 Å². The molecule has 3 aromatic carbocycles. The lowest BCUT2D eigenvalue weighted by atomic mass is 9.95. The molecule has 4 aromatic rings. The SMILES string of the molecule is O=C(Nc1ccccc1C1=NCCO1)c1ccc(-c2ccccn2)cc1-c1ccccc1. The van der Waals surface area contributed by atoms with E-state index in [-0.39, 0.29) is 5.91 Å². The number of rotatable bonds is 5. The van der Waals surface area contributed by atoms with Crippen LogP contribution in [0.3, 0.4) is 0 Å². The Morgan fingerprint density at radius 1 is 0.812 bits per heavy atom. The number of benzene rings is 3. The van der Waals surface area contributed by atoms with Crippen LogP contribution < -0.4 is 5.32 Å². The number of hydrogen-bond acceptors (Lipinski definition) is 4. The van der Waals surface area contributed by atoms with Crippen molar-refractivity contribution in [3.05, 3.63) is 108 Å². The lowest BCUT2D eigenvalue weighted by Crippen LogP contribution is -2.16. The van der Waals surface area contributed by atoms with Gasteiger partial charge in [-0.25, -0.2) is 4.99 Å². The largest absolute Gasteiger partial charge is 0.475 e. The van der Waals surface area contributed by atoms with Gasteiger partial charge in [-0.05, 0) is 47.5 Å². The van der Waals surface area contributed by atoms with Gasteiger partial charge in [-0.15, -0.1) is 0 Å². The van der Waals surface area contributed by atoms with Crippen molar-refractivity contribution in [1.29, 1.82) is 0 Å². The zero-order chi connectivity index (χ0) is 21.8. The summed E-state index contributed by atoms with van der Waals surface area (Å²) in [6.07, 6.45) is 1.77. The monoisotopic (exact) mass is 419 g/mol. The number of para-hydroxylation sites is 1. The van der Waals surface area contributed by atoms with Crippen LogP contribution in [0.4, 0.5) is 5.69 Å². The van der Waals surface area contributed by atoms with E-state index in [0.717, 1.165) is 27.9 Å². The Balaban J connectivity index is 1.54. The molecule has 1 amide bonds. The van der Waals surface area contributed by atoms with Crippen molar-refractivity contribution in [3.8, 4) is 22.4 Å². The Hall–Kier alpha value is -4.25. The average molecular weight is 419 g/mol. The fourth-order valence-corrected chi connectivity index (χ4v) is 3.76. The third kappa shape index (κ3) is 4.01. The van der Waals surface area contributed by atoms with Crippen molar-refractivity contribution in [2.45, 2.75) is 0 Å². The number of carbonyl (C=O) groups excluding carboxylic acids is 1. The number of pyridine rings is 1. The van der Waals surface area contributed by atoms with E-state index < -0.39 is 0 Å². The zero-order valence-corrected chi connectivity index (χ0v) is 17.4. The van der Waals surface area contributed by atoms with Gasteiger partial charge in [0, 0.05) is 17.3 Å². The van der Waals surface area contributed by atoms with E-state index in [1.807, 2.05) is 91.0 Å². The minimum Gasteiger partial charge on any atom is -0.475 e. The second-order valence-electron chi connectivity index (χ2n) is 7.38. The molecule has 0 saturated carbocycles. The van der Waals surface area contributed by atoms with Gasteiger partial charge in [0.15, 0.2) is 0 Å². The van der Waals surface area contributed by atoms with Gasteiger partial charge < -0.3 is 10.1 Å². The summed E-state index contributed by atoms with van der Waals surface area (Å²) < 4.78 is 5.62. The lowest BCUT2D eigenvalue weighted by Gasteiger charge is -2.14. The standard InChI is InChI=1S/C27H21N3O2/c31-26(30-25-12-5-4-10-22(25)27-29-16-17-32-27)21-14-13-20(24-11-6-7-15-28-24)18-23(21)19-8-2-1-3-9-19/h1-15,18H,16-17H2,(H,30,31).